The van der Waals surface area contributed by atoms with Gasteiger partial charge in [0.1, 0.15) is 11.4 Å². The van der Waals surface area contributed by atoms with Gasteiger partial charge in [-0.25, -0.2) is 9.18 Å². The molecule has 2 amide bonds. The summed E-state index contributed by atoms with van der Waals surface area (Å²) in [4.78, 5) is 28.2. The van der Waals surface area contributed by atoms with Crippen LogP contribution in [0.2, 0.25) is 0 Å². The van der Waals surface area contributed by atoms with E-state index >= 15 is 0 Å². The maximum atomic E-state index is 13.0. The molecule has 0 aromatic heterocycles. The van der Waals surface area contributed by atoms with Crippen molar-refractivity contribution in [1.82, 2.24) is 9.80 Å². The summed E-state index contributed by atoms with van der Waals surface area (Å²) in [5, 5.41) is 0. The summed E-state index contributed by atoms with van der Waals surface area (Å²) < 4.78 is 18.4. The molecule has 25 heavy (non-hydrogen) atoms. The highest BCUT2D eigenvalue weighted by atomic mass is 19.1. The minimum atomic E-state index is -0.513. The molecule has 2 atom stereocenters. The largest absolute Gasteiger partial charge is 0.444 e. The van der Waals surface area contributed by atoms with Gasteiger partial charge in [-0.3, -0.25) is 4.79 Å². The molecule has 1 heterocycles. The van der Waals surface area contributed by atoms with Crippen molar-refractivity contribution in [2.75, 3.05) is 26.2 Å². The third-order valence-electron chi connectivity index (χ3n) is 4.65. The Labute approximate surface area is 147 Å². The summed E-state index contributed by atoms with van der Waals surface area (Å²) in [6.45, 7) is 7.58. The predicted octanol–water partition coefficient (Wildman–Crippen LogP) is 3.01. The lowest BCUT2D eigenvalue weighted by Gasteiger charge is -2.35. The molecule has 1 saturated heterocycles. The molecule has 0 radical (unpaired) electrons. The summed E-state index contributed by atoms with van der Waals surface area (Å²) in [6, 6.07) is 6.39. The molecule has 2 fully saturated rings. The second-order valence-corrected chi connectivity index (χ2v) is 7.79. The number of hydrogen-bond acceptors (Lipinski definition) is 3. The fourth-order valence-corrected chi connectivity index (χ4v) is 3.22. The Morgan fingerprint density at radius 1 is 1.04 bits per heavy atom. The molecular formula is C19H25FN2O3. The van der Waals surface area contributed by atoms with Crippen molar-refractivity contribution in [1.29, 1.82) is 0 Å². The van der Waals surface area contributed by atoms with Crippen molar-refractivity contribution in [2.24, 2.45) is 5.92 Å². The van der Waals surface area contributed by atoms with Crippen LogP contribution in [-0.4, -0.2) is 53.6 Å². The van der Waals surface area contributed by atoms with Gasteiger partial charge in [0.25, 0.3) is 0 Å². The summed E-state index contributed by atoms with van der Waals surface area (Å²) in [5.41, 5.74) is 0.507. The van der Waals surface area contributed by atoms with E-state index in [0.29, 0.717) is 26.2 Å². The van der Waals surface area contributed by atoms with Crippen molar-refractivity contribution < 1.29 is 18.7 Å². The molecule has 3 rings (SSSR count). The molecule has 0 spiro atoms. The van der Waals surface area contributed by atoms with Gasteiger partial charge in [0, 0.05) is 32.1 Å². The lowest BCUT2D eigenvalue weighted by atomic mass is 10.1. The van der Waals surface area contributed by atoms with Crippen molar-refractivity contribution in [3.8, 4) is 0 Å². The Morgan fingerprint density at radius 2 is 1.60 bits per heavy atom. The van der Waals surface area contributed by atoms with Crippen molar-refractivity contribution >= 4 is 12.0 Å². The van der Waals surface area contributed by atoms with E-state index in [-0.39, 0.29) is 29.7 Å². The molecular weight excluding hydrogens is 323 g/mol. The predicted molar refractivity (Wildman–Crippen MR) is 91.6 cm³/mol. The number of amides is 2. The highest BCUT2D eigenvalue weighted by Crippen LogP contribution is 2.48. The van der Waals surface area contributed by atoms with Gasteiger partial charge in [-0.2, -0.15) is 0 Å². The maximum Gasteiger partial charge on any atom is 0.410 e. The second kappa shape index (κ2) is 6.65. The highest BCUT2D eigenvalue weighted by Gasteiger charge is 2.46. The number of piperazine rings is 1. The van der Waals surface area contributed by atoms with Crippen LogP contribution in [0.3, 0.4) is 0 Å². The second-order valence-electron chi connectivity index (χ2n) is 7.79. The lowest BCUT2D eigenvalue weighted by molar-refractivity contribution is -0.134. The van der Waals surface area contributed by atoms with E-state index in [1.54, 1.807) is 17.0 Å². The zero-order chi connectivity index (χ0) is 18.2. The minimum absolute atomic E-state index is 0.0152. The fraction of sp³-hybridized carbons (Fsp3) is 0.579. The van der Waals surface area contributed by atoms with Gasteiger partial charge in [0.05, 0.1) is 0 Å². The standard InChI is InChI=1S/C19H25FN2O3/c1-19(2,3)25-18(24)22-10-8-21(9-11-22)17(23)16-12-15(16)13-4-6-14(20)7-5-13/h4-7,15-16H,8-12H2,1-3H3. The van der Waals surface area contributed by atoms with Gasteiger partial charge in [-0.05, 0) is 50.8 Å². The average Bonchev–Trinajstić information content (AvgIpc) is 3.34. The van der Waals surface area contributed by atoms with Crippen LogP contribution in [0.15, 0.2) is 24.3 Å². The number of carbonyl (C=O) groups is 2. The fourth-order valence-electron chi connectivity index (χ4n) is 3.22. The van der Waals surface area contributed by atoms with E-state index in [0.717, 1.165) is 12.0 Å². The average molecular weight is 348 g/mol. The Bertz CT molecular complexity index is 646. The van der Waals surface area contributed by atoms with Gasteiger partial charge in [-0.15, -0.1) is 0 Å². The van der Waals surface area contributed by atoms with Gasteiger partial charge >= 0.3 is 6.09 Å². The summed E-state index contributed by atoms with van der Waals surface area (Å²) in [5.74, 6) is 0.0548. The number of rotatable bonds is 2. The smallest absolute Gasteiger partial charge is 0.410 e. The number of carbonyl (C=O) groups excluding carboxylic acids is 2. The van der Waals surface area contributed by atoms with Gasteiger partial charge in [-0.1, -0.05) is 12.1 Å². The molecule has 1 saturated carbocycles. The van der Waals surface area contributed by atoms with Crippen LogP contribution in [0, 0.1) is 11.7 Å². The number of ether oxygens (including phenoxy) is 1. The highest BCUT2D eigenvalue weighted by molar-refractivity contribution is 5.83. The van der Waals surface area contributed by atoms with E-state index in [9.17, 15) is 14.0 Å². The quantitative estimate of drug-likeness (QED) is 0.825. The van der Waals surface area contributed by atoms with Crippen LogP contribution < -0.4 is 0 Å². The van der Waals surface area contributed by atoms with E-state index in [1.807, 2.05) is 25.7 Å². The lowest BCUT2D eigenvalue weighted by Crippen LogP contribution is -2.52. The van der Waals surface area contributed by atoms with Crippen molar-refractivity contribution in [3.63, 3.8) is 0 Å². The number of halogens is 1. The third kappa shape index (κ3) is 4.30. The molecule has 1 aliphatic heterocycles. The van der Waals surface area contributed by atoms with Crippen molar-refractivity contribution in [3.05, 3.63) is 35.6 Å². The SMILES string of the molecule is CC(C)(C)OC(=O)N1CCN(C(=O)C2CC2c2ccc(F)cc2)CC1. The Balaban J connectivity index is 1.49. The summed E-state index contributed by atoms with van der Waals surface area (Å²) in [6.07, 6.45) is 0.492. The van der Waals surface area contributed by atoms with Crippen LogP contribution in [0.25, 0.3) is 0 Å². The molecule has 1 aromatic carbocycles. The van der Waals surface area contributed by atoms with E-state index in [1.165, 1.54) is 12.1 Å². The molecule has 136 valence electrons. The number of benzene rings is 1. The first-order chi connectivity index (χ1) is 11.7. The topological polar surface area (TPSA) is 49.9 Å². The Hall–Kier alpha value is -2.11. The normalized spacial score (nSPS) is 23.4. The van der Waals surface area contributed by atoms with Crippen molar-refractivity contribution in [2.45, 2.75) is 38.7 Å². The first-order valence-corrected chi connectivity index (χ1v) is 8.77. The van der Waals surface area contributed by atoms with Crippen LogP contribution in [-0.2, 0) is 9.53 Å². The minimum Gasteiger partial charge on any atom is -0.444 e. The van der Waals surface area contributed by atoms with Crippen LogP contribution in [0.4, 0.5) is 9.18 Å². The first-order valence-electron chi connectivity index (χ1n) is 8.77. The third-order valence-corrected chi connectivity index (χ3v) is 4.65. The van der Waals surface area contributed by atoms with E-state index < -0.39 is 5.60 Å². The molecule has 0 bridgehead atoms. The van der Waals surface area contributed by atoms with E-state index in [2.05, 4.69) is 0 Å². The summed E-state index contributed by atoms with van der Waals surface area (Å²) >= 11 is 0. The molecule has 6 heteroatoms. The van der Waals surface area contributed by atoms with Crippen LogP contribution in [0.5, 0.6) is 0 Å². The van der Waals surface area contributed by atoms with Crippen LogP contribution >= 0.6 is 0 Å². The number of hydrogen-bond donors (Lipinski definition) is 0. The molecule has 1 aromatic rings. The zero-order valence-corrected chi connectivity index (χ0v) is 15.0. The number of nitrogens with zero attached hydrogens (tertiary/aromatic N) is 2. The first kappa shape index (κ1) is 17.7. The van der Waals surface area contributed by atoms with Crippen LogP contribution in [0.1, 0.15) is 38.7 Å². The monoisotopic (exact) mass is 348 g/mol. The Kier molecular flexibility index (Phi) is 4.71. The molecule has 5 nitrogen and oxygen atoms in total. The summed E-state index contributed by atoms with van der Waals surface area (Å²) in [7, 11) is 0. The van der Waals surface area contributed by atoms with Gasteiger partial charge in [0.15, 0.2) is 0 Å². The molecule has 2 aliphatic rings. The molecule has 1 aliphatic carbocycles. The zero-order valence-electron chi connectivity index (χ0n) is 15.0. The van der Waals surface area contributed by atoms with Gasteiger partial charge < -0.3 is 14.5 Å². The maximum absolute atomic E-state index is 13.0. The molecule has 0 N–H and O–H groups in total. The van der Waals surface area contributed by atoms with Gasteiger partial charge in [0.2, 0.25) is 5.91 Å². The Morgan fingerprint density at radius 3 is 2.16 bits per heavy atom. The van der Waals surface area contributed by atoms with E-state index in [4.69, 9.17) is 4.74 Å². The molecule has 2 unspecified atom stereocenters.